The van der Waals surface area contributed by atoms with Gasteiger partial charge >= 0.3 is 0 Å². The Morgan fingerprint density at radius 2 is 0.959 bits per heavy atom. The van der Waals surface area contributed by atoms with Gasteiger partial charge in [0.2, 0.25) is 0 Å². The highest BCUT2D eigenvalue weighted by atomic mass is 14.9. The quantitative estimate of drug-likeness (QED) is 0.190. The van der Waals surface area contributed by atoms with E-state index in [0.29, 0.717) is 5.82 Å². The van der Waals surface area contributed by atoms with Crippen LogP contribution in [0.3, 0.4) is 0 Å². The molecule has 0 saturated heterocycles. The highest BCUT2D eigenvalue weighted by Crippen LogP contribution is 2.52. The fraction of sp³-hybridized carbons (Fsp3) is 0.0638. The Labute approximate surface area is 287 Å². The van der Waals surface area contributed by atoms with Crippen molar-refractivity contribution in [2.75, 3.05) is 0 Å². The molecule has 0 spiro atoms. The lowest BCUT2D eigenvalue weighted by Crippen LogP contribution is -2.15. The van der Waals surface area contributed by atoms with Gasteiger partial charge in [-0.2, -0.15) is 0 Å². The van der Waals surface area contributed by atoms with Crippen molar-refractivity contribution in [2.24, 2.45) is 0 Å². The van der Waals surface area contributed by atoms with Gasteiger partial charge in [0.15, 0.2) is 5.82 Å². The van der Waals surface area contributed by atoms with E-state index in [9.17, 15) is 0 Å². The minimum Gasteiger partial charge on any atom is -0.228 e. The molecule has 9 rings (SSSR count). The Hall–Kier alpha value is -6.12. The van der Waals surface area contributed by atoms with Crippen LogP contribution in [0.15, 0.2) is 170 Å². The summed E-state index contributed by atoms with van der Waals surface area (Å²) in [5.74, 6) is 0.709. The lowest BCUT2D eigenvalue weighted by Gasteiger charge is -2.24. The SMILES string of the molecule is CC1(C)c2ccccc2-c2ccc3cccc(-c4cc(-c5ccccc5-c5ccccc5)nc(-c5cccc(-c6ccccc6)c5)n4)c3c21. The lowest BCUT2D eigenvalue weighted by molar-refractivity contribution is 0.666. The fourth-order valence-electron chi connectivity index (χ4n) is 7.76. The number of nitrogens with zero attached hydrogens (tertiary/aromatic N) is 2. The second-order valence-corrected chi connectivity index (χ2v) is 13.4. The Kier molecular flexibility index (Phi) is 6.84. The van der Waals surface area contributed by atoms with E-state index in [4.69, 9.17) is 9.97 Å². The molecule has 1 aromatic heterocycles. The van der Waals surface area contributed by atoms with Crippen molar-refractivity contribution in [2.45, 2.75) is 19.3 Å². The summed E-state index contributed by atoms with van der Waals surface area (Å²) >= 11 is 0. The maximum atomic E-state index is 5.40. The van der Waals surface area contributed by atoms with Crippen LogP contribution in [-0.4, -0.2) is 9.97 Å². The normalized spacial score (nSPS) is 12.9. The zero-order valence-corrected chi connectivity index (χ0v) is 27.6. The third-order valence-corrected chi connectivity index (χ3v) is 10.1. The van der Waals surface area contributed by atoms with Crippen LogP contribution in [0.1, 0.15) is 25.0 Å². The molecule has 2 nitrogen and oxygen atoms in total. The summed E-state index contributed by atoms with van der Waals surface area (Å²) in [6.07, 6.45) is 0. The molecule has 1 heterocycles. The van der Waals surface area contributed by atoms with Crippen LogP contribution in [0.4, 0.5) is 0 Å². The molecule has 0 saturated carbocycles. The van der Waals surface area contributed by atoms with Crippen LogP contribution in [0.25, 0.3) is 78.1 Å². The largest absolute Gasteiger partial charge is 0.228 e. The molecule has 0 bridgehead atoms. The van der Waals surface area contributed by atoms with Crippen LogP contribution in [0.5, 0.6) is 0 Å². The molecular formula is C47H34N2. The van der Waals surface area contributed by atoms with Gasteiger partial charge in [0, 0.05) is 22.1 Å². The number of hydrogen-bond donors (Lipinski definition) is 0. The summed E-state index contributed by atoms with van der Waals surface area (Å²) in [4.78, 5) is 10.7. The lowest BCUT2D eigenvalue weighted by atomic mass is 9.79. The Morgan fingerprint density at radius 3 is 1.73 bits per heavy atom. The van der Waals surface area contributed by atoms with Gasteiger partial charge in [-0.15, -0.1) is 0 Å². The number of fused-ring (bicyclic) bond motifs is 5. The number of rotatable bonds is 5. The molecule has 1 aliphatic rings. The molecule has 0 N–H and O–H groups in total. The Bertz CT molecular complexity index is 2510. The number of benzene rings is 7. The van der Waals surface area contributed by atoms with E-state index in [2.05, 4.69) is 184 Å². The predicted molar refractivity (Wildman–Crippen MR) is 204 cm³/mol. The molecule has 0 fully saturated rings. The van der Waals surface area contributed by atoms with Gasteiger partial charge in [0.25, 0.3) is 0 Å². The van der Waals surface area contributed by atoms with Crippen molar-refractivity contribution in [1.82, 2.24) is 9.97 Å². The van der Waals surface area contributed by atoms with E-state index in [1.807, 2.05) is 0 Å². The van der Waals surface area contributed by atoms with Crippen molar-refractivity contribution >= 4 is 10.8 Å². The minimum absolute atomic E-state index is 0.163. The second kappa shape index (κ2) is 11.5. The summed E-state index contributed by atoms with van der Waals surface area (Å²) in [6, 6.07) is 60.5. The fourth-order valence-corrected chi connectivity index (χ4v) is 7.76. The third-order valence-electron chi connectivity index (χ3n) is 10.1. The van der Waals surface area contributed by atoms with Gasteiger partial charge in [0.1, 0.15) is 0 Å². The van der Waals surface area contributed by atoms with Gasteiger partial charge in [-0.3, -0.25) is 0 Å². The average molecular weight is 627 g/mol. The summed E-state index contributed by atoms with van der Waals surface area (Å²) in [6.45, 7) is 4.71. The first-order valence-electron chi connectivity index (χ1n) is 16.9. The van der Waals surface area contributed by atoms with Gasteiger partial charge in [0.05, 0.1) is 11.4 Å². The van der Waals surface area contributed by atoms with Gasteiger partial charge in [-0.05, 0) is 67.4 Å². The topological polar surface area (TPSA) is 25.8 Å². The smallest absolute Gasteiger partial charge is 0.160 e. The summed E-state index contributed by atoms with van der Waals surface area (Å²) in [7, 11) is 0. The monoisotopic (exact) mass is 626 g/mol. The zero-order chi connectivity index (χ0) is 33.0. The third kappa shape index (κ3) is 4.88. The molecule has 0 amide bonds. The molecule has 7 aromatic carbocycles. The molecule has 2 heteroatoms. The van der Waals surface area contributed by atoms with Crippen LogP contribution < -0.4 is 0 Å². The second-order valence-electron chi connectivity index (χ2n) is 13.4. The number of aromatic nitrogens is 2. The van der Waals surface area contributed by atoms with E-state index < -0.39 is 0 Å². The highest BCUT2D eigenvalue weighted by Gasteiger charge is 2.37. The summed E-state index contributed by atoms with van der Waals surface area (Å²) in [5.41, 5.74) is 14.8. The van der Waals surface area contributed by atoms with Crippen LogP contribution in [0.2, 0.25) is 0 Å². The van der Waals surface area contributed by atoms with Gasteiger partial charge in [-0.1, -0.05) is 172 Å². The van der Waals surface area contributed by atoms with Crippen LogP contribution >= 0.6 is 0 Å². The first kappa shape index (κ1) is 29.1. The van der Waals surface area contributed by atoms with Crippen molar-refractivity contribution in [3.05, 3.63) is 181 Å². The zero-order valence-electron chi connectivity index (χ0n) is 27.6. The molecule has 1 aliphatic carbocycles. The molecule has 0 atom stereocenters. The van der Waals surface area contributed by atoms with Crippen molar-refractivity contribution in [3.63, 3.8) is 0 Å². The van der Waals surface area contributed by atoms with Gasteiger partial charge < -0.3 is 0 Å². The Balaban J connectivity index is 1.32. The molecule has 0 radical (unpaired) electrons. The van der Waals surface area contributed by atoms with Crippen LogP contribution in [0, 0.1) is 0 Å². The molecule has 232 valence electrons. The van der Waals surface area contributed by atoms with E-state index in [1.54, 1.807) is 0 Å². The van der Waals surface area contributed by atoms with Crippen molar-refractivity contribution < 1.29 is 0 Å². The van der Waals surface area contributed by atoms with E-state index in [-0.39, 0.29) is 5.41 Å². The summed E-state index contributed by atoms with van der Waals surface area (Å²) in [5, 5.41) is 2.47. The van der Waals surface area contributed by atoms with Crippen molar-refractivity contribution in [1.29, 1.82) is 0 Å². The maximum absolute atomic E-state index is 5.40. The summed E-state index contributed by atoms with van der Waals surface area (Å²) < 4.78 is 0. The average Bonchev–Trinajstić information content (AvgIpc) is 3.41. The van der Waals surface area contributed by atoms with Crippen LogP contribution in [-0.2, 0) is 5.41 Å². The molecule has 0 unspecified atom stereocenters. The van der Waals surface area contributed by atoms with E-state index >= 15 is 0 Å². The predicted octanol–water partition coefficient (Wildman–Crippen LogP) is 12.3. The Morgan fingerprint density at radius 1 is 0.388 bits per heavy atom. The first-order chi connectivity index (χ1) is 24.1. The van der Waals surface area contributed by atoms with Gasteiger partial charge in [-0.25, -0.2) is 9.97 Å². The molecular weight excluding hydrogens is 593 g/mol. The van der Waals surface area contributed by atoms with E-state index in [0.717, 1.165) is 44.8 Å². The molecule has 49 heavy (non-hydrogen) atoms. The standard InChI is InChI=1S/C47H34N2/c1-47(2)41-26-12-11-23-37(41)39-28-27-33-19-14-25-40(44(33)45(39)47)43-30-42(38-24-10-9-22-36(38)32-17-7-4-8-18-32)48-46(49-43)35-21-13-20-34(29-35)31-15-5-3-6-16-31/h3-30H,1-2H3. The maximum Gasteiger partial charge on any atom is 0.160 e. The molecule has 0 aliphatic heterocycles. The first-order valence-corrected chi connectivity index (χ1v) is 16.9. The highest BCUT2D eigenvalue weighted by molar-refractivity contribution is 6.05. The van der Waals surface area contributed by atoms with E-state index in [1.165, 1.54) is 38.6 Å². The minimum atomic E-state index is -0.163. The molecule has 8 aromatic rings. The number of hydrogen-bond acceptors (Lipinski definition) is 2. The van der Waals surface area contributed by atoms with Crippen molar-refractivity contribution in [3.8, 4) is 67.3 Å².